The topological polar surface area (TPSA) is 81.3 Å². The molecular formula is C5H8NO3PS2. The molecule has 0 aromatic rings. The van der Waals surface area contributed by atoms with Crippen molar-refractivity contribution in [1.29, 1.82) is 5.26 Å². The first-order chi connectivity index (χ1) is 5.47. The van der Waals surface area contributed by atoms with Crippen LogP contribution in [-0.4, -0.2) is 22.3 Å². The van der Waals surface area contributed by atoms with Crippen LogP contribution in [0.25, 0.3) is 0 Å². The second-order valence-electron chi connectivity index (χ2n) is 1.70. The molecule has 0 saturated carbocycles. The maximum atomic E-state index is 10.7. The van der Waals surface area contributed by atoms with Crippen LogP contribution in [-0.2, 0) is 4.57 Å². The van der Waals surface area contributed by atoms with Crippen LogP contribution in [0.4, 0.5) is 0 Å². The maximum absolute atomic E-state index is 10.7. The van der Waals surface area contributed by atoms with E-state index in [4.69, 9.17) is 15.0 Å². The van der Waals surface area contributed by atoms with Crippen LogP contribution < -0.4 is 0 Å². The fraction of sp³-hybridized carbons (Fsp3) is 0.400. The van der Waals surface area contributed by atoms with Gasteiger partial charge in [-0.15, -0.1) is 23.5 Å². The molecule has 0 radical (unpaired) electrons. The minimum absolute atomic E-state index is 0.367. The van der Waals surface area contributed by atoms with Gasteiger partial charge in [-0.2, -0.15) is 5.26 Å². The summed E-state index contributed by atoms with van der Waals surface area (Å²) in [6, 6.07) is 1.52. The summed E-state index contributed by atoms with van der Waals surface area (Å²) in [6.07, 6.45) is 3.33. The van der Waals surface area contributed by atoms with E-state index in [-0.39, 0.29) is 0 Å². The predicted molar refractivity (Wildman–Crippen MR) is 51.7 cm³/mol. The molecule has 0 aliphatic carbocycles. The number of nitriles is 1. The van der Waals surface area contributed by atoms with E-state index in [2.05, 4.69) is 0 Å². The molecule has 0 bridgehead atoms. The number of rotatable bonds is 3. The van der Waals surface area contributed by atoms with E-state index in [0.717, 1.165) is 23.5 Å². The molecule has 4 nitrogen and oxygen atoms in total. The van der Waals surface area contributed by atoms with Gasteiger partial charge in [0.1, 0.15) is 6.07 Å². The predicted octanol–water partition coefficient (Wildman–Crippen LogP) is 1.58. The molecule has 12 heavy (non-hydrogen) atoms. The largest absolute Gasteiger partial charge is 0.368 e. The van der Waals surface area contributed by atoms with Crippen molar-refractivity contribution in [3.63, 3.8) is 0 Å². The molecule has 0 atom stereocenters. The van der Waals surface area contributed by atoms with Crippen LogP contribution in [0, 0.1) is 11.3 Å². The van der Waals surface area contributed by atoms with Gasteiger partial charge in [-0.3, -0.25) is 4.57 Å². The molecule has 0 saturated heterocycles. The molecule has 0 aliphatic heterocycles. The summed E-state index contributed by atoms with van der Waals surface area (Å²) in [6.45, 7) is 0. The highest BCUT2D eigenvalue weighted by atomic mass is 32.2. The third-order valence-electron chi connectivity index (χ3n) is 0.961. The van der Waals surface area contributed by atoms with Crippen molar-refractivity contribution in [2.75, 3.05) is 12.5 Å². The van der Waals surface area contributed by atoms with Crippen molar-refractivity contribution in [2.45, 2.75) is 0 Å². The molecular weight excluding hydrogens is 217 g/mol. The molecule has 0 aromatic carbocycles. The van der Waals surface area contributed by atoms with Crippen LogP contribution in [0.2, 0.25) is 0 Å². The highest BCUT2D eigenvalue weighted by Gasteiger charge is 2.24. The molecule has 0 fully saturated rings. The van der Waals surface area contributed by atoms with Crippen molar-refractivity contribution in [3.8, 4) is 6.07 Å². The van der Waals surface area contributed by atoms with Crippen molar-refractivity contribution in [2.24, 2.45) is 0 Å². The van der Waals surface area contributed by atoms with Gasteiger partial charge in [0.15, 0.2) is 5.31 Å². The van der Waals surface area contributed by atoms with Gasteiger partial charge >= 0.3 is 7.60 Å². The molecule has 0 aliphatic rings. The van der Waals surface area contributed by atoms with Crippen molar-refractivity contribution in [1.82, 2.24) is 0 Å². The third-order valence-corrected chi connectivity index (χ3v) is 4.32. The Hall–Kier alpha value is 0.0800. The Morgan fingerprint density at radius 2 is 1.83 bits per heavy atom. The summed E-state index contributed by atoms with van der Waals surface area (Å²) in [4.78, 5) is 17.4. The monoisotopic (exact) mass is 225 g/mol. The second-order valence-corrected chi connectivity index (χ2v) is 5.13. The second kappa shape index (κ2) is 4.95. The quantitative estimate of drug-likeness (QED) is 0.560. The first-order valence-corrected chi connectivity index (χ1v) is 6.82. The highest BCUT2D eigenvalue weighted by molar-refractivity contribution is 8.22. The first-order valence-electron chi connectivity index (χ1n) is 2.75. The van der Waals surface area contributed by atoms with Gasteiger partial charge in [-0.25, -0.2) is 0 Å². The summed E-state index contributed by atoms with van der Waals surface area (Å²) >= 11 is 2.31. The number of allylic oxidation sites excluding steroid dienone is 1. The summed E-state index contributed by atoms with van der Waals surface area (Å²) in [5.74, 6) is 0. The molecule has 0 spiro atoms. The summed E-state index contributed by atoms with van der Waals surface area (Å²) in [5.41, 5.74) is 0. The minimum Gasteiger partial charge on any atom is -0.321 e. The molecule has 68 valence electrons. The number of hydrogen-bond acceptors (Lipinski definition) is 4. The minimum atomic E-state index is -4.39. The molecule has 0 rings (SSSR count). The van der Waals surface area contributed by atoms with E-state index >= 15 is 0 Å². The smallest absolute Gasteiger partial charge is 0.321 e. The lowest BCUT2D eigenvalue weighted by atomic mass is 10.7. The van der Waals surface area contributed by atoms with E-state index in [1.165, 1.54) is 6.07 Å². The van der Waals surface area contributed by atoms with Gasteiger partial charge < -0.3 is 9.79 Å². The lowest BCUT2D eigenvalue weighted by molar-refractivity contribution is 0.384. The Bertz CT molecular complexity index is 271. The molecule has 0 heterocycles. The zero-order chi connectivity index (χ0) is 9.78. The zero-order valence-electron chi connectivity index (χ0n) is 6.51. The summed E-state index contributed by atoms with van der Waals surface area (Å²) < 4.78 is 11.1. The lowest BCUT2D eigenvalue weighted by Gasteiger charge is -2.05. The van der Waals surface area contributed by atoms with Gasteiger partial charge in [0.05, 0.1) is 4.24 Å². The Labute approximate surface area is 79.2 Å². The average Bonchev–Trinajstić information content (AvgIpc) is 1.97. The van der Waals surface area contributed by atoms with E-state index in [1.54, 1.807) is 12.5 Å². The normalized spacial score (nSPS) is 10.6. The van der Waals surface area contributed by atoms with Crippen LogP contribution in [0.15, 0.2) is 9.55 Å². The summed E-state index contributed by atoms with van der Waals surface area (Å²) in [7, 11) is -4.39. The highest BCUT2D eigenvalue weighted by Crippen LogP contribution is 2.49. The van der Waals surface area contributed by atoms with Crippen molar-refractivity contribution >= 4 is 31.1 Å². The molecule has 0 amide bonds. The van der Waals surface area contributed by atoms with Crippen LogP contribution >= 0.6 is 31.1 Å². The molecule has 7 heteroatoms. The van der Waals surface area contributed by atoms with Crippen molar-refractivity contribution < 1.29 is 14.4 Å². The van der Waals surface area contributed by atoms with Gasteiger partial charge in [0.2, 0.25) is 0 Å². The third kappa shape index (κ3) is 3.21. The van der Waals surface area contributed by atoms with Gasteiger partial charge in [-0.1, -0.05) is 0 Å². The average molecular weight is 225 g/mol. The van der Waals surface area contributed by atoms with Crippen LogP contribution in [0.3, 0.4) is 0 Å². The van der Waals surface area contributed by atoms with Crippen LogP contribution in [0.1, 0.15) is 0 Å². The molecule has 0 aromatic heterocycles. The standard InChI is InChI=1S/C5H8NO3PS2/c1-11-5(12-2)4(3-6)10(7,8)9/h1-2H3,(H2,7,8,9). The van der Waals surface area contributed by atoms with E-state index in [9.17, 15) is 4.57 Å². The first kappa shape index (κ1) is 12.1. The van der Waals surface area contributed by atoms with E-state index < -0.39 is 12.9 Å². The van der Waals surface area contributed by atoms with E-state index in [1.807, 2.05) is 0 Å². The molecule has 0 unspecified atom stereocenters. The number of hydrogen-bond donors (Lipinski definition) is 2. The van der Waals surface area contributed by atoms with Gasteiger partial charge in [0, 0.05) is 0 Å². The molecule has 2 N–H and O–H groups in total. The SMILES string of the molecule is CSC(SC)=C(C#N)P(=O)(O)O. The fourth-order valence-electron chi connectivity index (χ4n) is 0.506. The maximum Gasteiger partial charge on any atom is 0.368 e. The van der Waals surface area contributed by atoms with E-state index in [0.29, 0.717) is 4.24 Å². The summed E-state index contributed by atoms with van der Waals surface area (Å²) in [5, 5.41) is 8.03. The van der Waals surface area contributed by atoms with Crippen molar-refractivity contribution in [3.05, 3.63) is 9.55 Å². The zero-order valence-corrected chi connectivity index (χ0v) is 9.04. The number of nitrogens with zero attached hydrogens (tertiary/aromatic N) is 1. The Balaban J connectivity index is 5.15. The Morgan fingerprint density at radius 1 is 1.42 bits per heavy atom. The van der Waals surface area contributed by atoms with Gasteiger partial charge in [-0.05, 0) is 12.5 Å². The van der Waals surface area contributed by atoms with Gasteiger partial charge in [0.25, 0.3) is 0 Å². The van der Waals surface area contributed by atoms with Crippen LogP contribution in [0.5, 0.6) is 0 Å². The Kier molecular flexibility index (Phi) is 4.98. The lowest BCUT2D eigenvalue weighted by Crippen LogP contribution is -1.85. The number of thioether (sulfide) groups is 2. The fourth-order valence-corrected chi connectivity index (χ4v) is 3.28. The Morgan fingerprint density at radius 3 is 1.92 bits per heavy atom.